The number of likely N-dealkylation sites (N-methyl/N-ethyl adjacent to an activating group) is 1. The van der Waals surface area contributed by atoms with Gasteiger partial charge in [-0.1, -0.05) is 35.0 Å². The predicted molar refractivity (Wildman–Crippen MR) is 135 cm³/mol. The highest BCUT2D eigenvalue weighted by atomic mass is 79.9. The first-order chi connectivity index (χ1) is 16.2. The number of ketones is 1. The Morgan fingerprint density at radius 2 is 1.88 bits per heavy atom. The number of aliphatic hydroxyl groups excluding tert-OH is 1. The Hall–Kier alpha value is -2.84. The van der Waals surface area contributed by atoms with Gasteiger partial charge in [-0.05, 0) is 62.8 Å². The third kappa shape index (κ3) is 5.28. The molecule has 1 heterocycles. The van der Waals surface area contributed by atoms with E-state index in [1.807, 2.05) is 38.9 Å². The zero-order valence-corrected chi connectivity index (χ0v) is 21.8. The minimum Gasteiger partial charge on any atom is -0.507 e. The third-order valence-electron chi connectivity index (χ3n) is 5.72. The Bertz CT molecular complexity index is 1110. The number of aliphatic hydroxyl groups is 1. The maximum Gasteiger partial charge on any atom is 0.295 e. The molecular formula is C26H31BrN2O5. The summed E-state index contributed by atoms with van der Waals surface area (Å²) in [4.78, 5) is 29.8. The van der Waals surface area contributed by atoms with Crippen molar-refractivity contribution in [2.45, 2.75) is 26.3 Å². The van der Waals surface area contributed by atoms with Crippen LogP contribution in [0.1, 0.15) is 36.1 Å². The van der Waals surface area contributed by atoms with E-state index in [1.54, 1.807) is 37.4 Å². The number of ether oxygens (including phenoxy) is 2. The molecule has 0 aromatic heterocycles. The molecule has 34 heavy (non-hydrogen) atoms. The summed E-state index contributed by atoms with van der Waals surface area (Å²) in [5.41, 5.74) is 2.12. The summed E-state index contributed by atoms with van der Waals surface area (Å²) < 4.78 is 12.2. The highest BCUT2D eigenvalue weighted by Gasteiger charge is 2.46. The summed E-state index contributed by atoms with van der Waals surface area (Å²) >= 11 is 3.46. The Kier molecular flexibility index (Phi) is 8.38. The molecule has 1 aliphatic heterocycles. The number of aryl methyl sites for hydroxylation is 1. The number of methoxy groups -OCH3 is 1. The fraction of sp³-hybridized carbons (Fsp3) is 0.385. The maximum atomic E-state index is 13.2. The van der Waals surface area contributed by atoms with Crippen molar-refractivity contribution in [2.75, 3.05) is 40.9 Å². The van der Waals surface area contributed by atoms with Crippen LogP contribution in [0, 0.1) is 6.92 Å². The normalized spacial score (nSPS) is 17.5. The van der Waals surface area contributed by atoms with Crippen molar-refractivity contribution in [1.82, 2.24) is 9.80 Å². The van der Waals surface area contributed by atoms with E-state index in [0.29, 0.717) is 42.3 Å². The molecule has 0 spiro atoms. The molecule has 1 saturated heterocycles. The number of Topliss-reactive ketones (excluding diaryl/α,β-unsaturated/α-hetero) is 1. The highest BCUT2D eigenvalue weighted by Crippen LogP contribution is 2.42. The first kappa shape index (κ1) is 25.8. The summed E-state index contributed by atoms with van der Waals surface area (Å²) in [6.07, 6.45) is 0.817. The quantitative estimate of drug-likeness (QED) is 0.291. The lowest BCUT2D eigenvalue weighted by molar-refractivity contribution is -0.140. The smallest absolute Gasteiger partial charge is 0.295 e. The molecule has 1 amide bonds. The summed E-state index contributed by atoms with van der Waals surface area (Å²) in [7, 11) is 5.37. The number of carbonyl (C=O) groups excluding carboxylic acids is 2. The van der Waals surface area contributed by atoms with E-state index in [1.165, 1.54) is 4.90 Å². The lowest BCUT2D eigenvalue weighted by Crippen LogP contribution is -2.35. The largest absolute Gasteiger partial charge is 0.507 e. The minimum atomic E-state index is -0.751. The Labute approximate surface area is 209 Å². The number of amides is 1. The van der Waals surface area contributed by atoms with E-state index >= 15 is 0 Å². The lowest BCUT2D eigenvalue weighted by Gasteiger charge is -2.27. The van der Waals surface area contributed by atoms with Crippen molar-refractivity contribution in [3.8, 4) is 11.5 Å². The first-order valence-corrected chi connectivity index (χ1v) is 12.0. The van der Waals surface area contributed by atoms with Gasteiger partial charge >= 0.3 is 0 Å². The number of likely N-dealkylation sites (tertiary alicyclic amines) is 1. The second-order valence-electron chi connectivity index (χ2n) is 8.52. The second kappa shape index (κ2) is 11.1. The van der Waals surface area contributed by atoms with Crippen LogP contribution < -0.4 is 9.47 Å². The average molecular weight is 531 g/mol. The van der Waals surface area contributed by atoms with Gasteiger partial charge in [0.1, 0.15) is 5.76 Å². The maximum absolute atomic E-state index is 13.2. The molecule has 0 bridgehead atoms. The molecule has 2 aromatic carbocycles. The van der Waals surface area contributed by atoms with Gasteiger partial charge in [-0.15, -0.1) is 0 Å². The van der Waals surface area contributed by atoms with Gasteiger partial charge in [0.2, 0.25) is 0 Å². The standard InChI is InChI=1S/C26H31BrN2O5/c1-6-13-34-21-15-17(8-10-20(21)33-5)23-22(24(30)18-7-9-19(27)16(2)14-18)25(31)26(32)29(23)12-11-28(3)4/h7-10,14-15,23,30H,6,11-13H2,1-5H3/b24-22-. The first-order valence-electron chi connectivity index (χ1n) is 11.2. The summed E-state index contributed by atoms with van der Waals surface area (Å²) in [5.74, 6) is -0.439. The Balaban J connectivity index is 2.18. The SMILES string of the molecule is CCCOc1cc(C2/C(=C(/O)c3ccc(Br)c(C)c3)C(=O)C(=O)N2CCN(C)C)ccc1OC. The van der Waals surface area contributed by atoms with Gasteiger partial charge in [-0.2, -0.15) is 0 Å². The summed E-state index contributed by atoms with van der Waals surface area (Å²) in [6, 6.07) is 9.92. The van der Waals surface area contributed by atoms with Crippen molar-refractivity contribution in [2.24, 2.45) is 0 Å². The highest BCUT2D eigenvalue weighted by molar-refractivity contribution is 9.10. The molecular weight excluding hydrogens is 500 g/mol. The molecule has 1 aliphatic rings. The van der Waals surface area contributed by atoms with Gasteiger partial charge in [0.05, 0.1) is 25.3 Å². The lowest BCUT2D eigenvalue weighted by atomic mass is 9.94. The third-order valence-corrected chi connectivity index (χ3v) is 6.61. The predicted octanol–water partition coefficient (Wildman–Crippen LogP) is 4.54. The number of nitrogens with zero attached hydrogens (tertiary/aromatic N) is 2. The number of carbonyl (C=O) groups is 2. The van der Waals surface area contributed by atoms with Crippen LogP contribution in [0.5, 0.6) is 11.5 Å². The Morgan fingerprint density at radius 3 is 2.50 bits per heavy atom. The van der Waals surface area contributed by atoms with Crippen LogP contribution in [0.25, 0.3) is 5.76 Å². The van der Waals surface area contributed by atoms with Crippen LogP contribution in [-0.2, 0) is 9.59 Å². The van der Waals surface area contributed by atoms with Gasteiger partial charge in [0.25, 0.3) is 11.7 Å². The molecule has 0 saturated carbocycles. The molecule has 2 aromatic rings. The molecule has 0 radical (unpaired) electrons. The van der Waals surface area contributed by atoms with Crippen molar-refractivity contribution < 1.29 is 24.2 Å². The van der Waals surface area contributed by atoms with Crippen molar-refractivity contribution >= 4 is 33.4 Å². The van der Waals surface area contributed by atoms with E-state index in [9.17, 15) is 14.7 Å². The topological polar surface area (TPSA) is 79.3 Å². The molecule has 8 heteroatoms. The van der Waals surface area contributed by atoms with Crippen LogP contribution >= 0.6 is 15.9 Å². The van der Waals surface area contributed by atoms with Gasteiger partial charge < -0.3 is 24.4 Å². The minimum absolute atomic E-state index is 0.0667. The van der Waals surface area contributed by atoms with Gasteiger partial charge in [0, 0.05) is 23.1 Å². The van der Waals surface area contributed by atoms with Gasteiger partial charge in [0.15, 0.2) is 11.5 Å². The average Bonchev–Trinajstić information content (AvgIpc) is 3.07. The van der Waals surface area contributed by atoms with Crippen molar-refractivity contribution in [1.29, 1.82) is 0 Å². The van der Waals surface area contributed by atoms with Crippen LogP contribution in [0.15, 0.2) is 46.4 Å². The Morgan fingerprint density at radius 1 is 1.15 bits per heavy atom. The van der Waals surface area contributed by atoms with Crippen LogP contribution in [0.4, 0.5) is 0 Å². The zero-order valence-electron chi connectivity index (χ0n) is 20.2. The molecule has 3 rings (SSSR count). The fourth-order valence-corrected chi connectivity index (χ4v) is 4.15. The van der Waals surface area contributed by atoms with Crippen LogP contribution in [-0.4, -0.2) is 67.5 Å². The fourth-order valence-electron chi connectivity index (χ4n) is 3.90. The number of benzene rings is 2. The van der Waals surface area contributed by atoms with Crippen LogP contribution in [0.2, 0.25) is 0 Å². The number of hydrogen-bond donors (Lipinski definition) is 1. The van der Waals surface area contributed by atoms with Gasteiger partial charge in [-0.3, -0.25) is 9.59 Å². The van der Waals surface area contributed by atoms with E-state index < -0.39 is 17.7 Å². The van der Waals surface area contributed by atoms with Crippen LogP contribution in [0.3, 0.4) is 0 Å². The molecule has 1 atom stereocenters. The second-order valence-corrected chi connectivity index (χ2v) is 9.37. The van der Waals surface area contributed by atoms with E-state index in [-0.39, 0.29) is 11.3 Å². The van der Waals surface area contributed by atoms with E-state index in [4.69, 9.17) is 9.47 Å². The van der Waals surface area contributed by atoms with Gasteiger partial charge in [-0.25, -0.2) is 0 Å². The van der Waals surface area contributed by atoms with Crippen molar-refractivity contribution in [3.05, 3.63) is 63.1 Å². The number of rotatable bonds is 9. The summed E-state index contributed by atoms with van der Waals surface area (Å²) in [6.45, 7) is 5.30. The monoisotopic (exact) mass is 530 g/mol. The summed E-state index contributed by atoms with van der Waals surface area (Å²) in [5, 5.41) is 11.3. The van der Waals surface area contributed by atoms with Crippen molar-refractivity contribution in [3.63, 3.8) is 0 Å². The zero-order chi connectivity index (χ0) is 25.0. The molecule has 1 unspecified atom stereocenters. The molecule has 7 nitrogen and oxygen atoms in total. The molecule has 0 aliphatic carbocycles. The molecule has 1 N–H and O–H groups in total. The van der Waals surface area contributed by atoms with E-state index in [2.05, 4.69) is 15.9 Å². The number of hydrogen-bond acceptors (Lipinski definition) is 6. The molecule has 182 valence electrons. The van der Waals surface area contributed by atoms with E-state index in [0.717, 1.165) is 16.5 Å². The molecule has 1 fully saturated rings. The number of halogens is 1.